The largest absolute Gasteiger partial charge is 0.341 e. The van der Waals surface area contributed by atoms with Gasteiger partial charge in [0.25, 0.3) is 5.56 Å². The van der Waals surface area contributed by atoms with Crippen molar-refractivity contribution in [2.24, 2.45) is 11.7 Å². The summed E-state index contributed by atoms with van der Waals surface area (Å²) in [6.45, 7) is 8.78. The Balaban J connectivity index is 2.08. The van der Waals surface area contributed by atoms with Crippen molar-refractivity contribution in [1.29, 1.82) is 0 Å². The summed E-state index contributed by atoms with van der Waals surface area (Å²) in [5.74, 6) is 7.29. The maximum absolute atomic E-state index is 13.0. The number of hydrogen-bond acceptors (Lipinski definition) is 5. The molecule has 3 rings (SSSR count). The first kappa shape index (κ1) is 18.5. The third kappa shape index (κ3) is 3.75. The van der Waals surface area contributed by atoms with Gasteiger partial charge in [-0.25, -0.2) is 9.67 Å². The first-order valence-electron chi connectivity index (χ1n) is 9.37. The fraction of sp³-hybridized carbons (Fsp3) is 0.632. The normalized spacial score (nSPS) is 17.6. The van der Waals surface area contributed by atoms with Crippen molar-refractivity contribution >= 4 is 17.0 Å². The highest BCUT2D eigenvalue weighted by molar-refractivity contribution is 5.77. The van der Waals surface area contributed by atoms with Crippen LogP contribution in [-0.2, 0) is 13.1 Å². The fourth-order valence-electron chi connectivity index (χ4n) is 3.35. The van der Waals surface area contributed by atoms with E-state index in [1.54, 1.807) is 17.8 Å². The molecule has 26 heavy (non-hydrogen) atoms. The zero-order valence-electron chi connectivity index (χ0n) is 15.9. The van der Waals surface area contributed by atoms with Gasteiger partial charge in [-0.15, -0.1) is 5.92 Å². The minimum Gasteiger partial charge on any atom is -0.341 e. The van der Waals surface area contributed by atoms with Crippen LogP contribution in [0.25, 0.3) is 11.0 Å². The van der Waals surface area contributed by atoms with Gasteiger partial charge in [0.1, 0.15) is 11.0 Å². The number of nitrogens with two attached hydrogens (primary N) is 1. The first-order valence-corrected chi connectivity index (χ1v) is 9.37. The highest BCUT2D eigenvalue weighted by Gasteiger charge is 2.24. The van der Waals surface area contributed by atoms with E-state index in [1.165, 1.54) is 0 Å². The molecule has 7 nitrogen and oxygen atoms in total. The zero-order chi connectivity index (χ0) is 18.7. The molecule has 2 aromatic heterocycles. The first-order chi connectivity index (χ1) is 12.5. The van der Waals surface area contributed by atoms with E-state index in [9.17, 15) is 4.79 Å². The van der Waals surface area contributed by atoms with E-state index in [1.807, 2.05) is 4.57 Å². The van der Waals surface area contributed by atoms with E-state index < -0.39 is 0 Å². The summed E-state index contributed by atoms with van der Waals surface area (Å²) in [7, 11) is 0. The van der Waals surface area contributed by atoms with E-state index in [4.69, 9.17) is 10.7 Å². The number of anilines is 1. The highest BCUT2D eigenvalue weighted by Crippen LogP contribution is 2.23. The molecule has 1 unspecified atom stereocenters. The van der Waals surface area contributed by atoms with E-state index in [-0.39, 0.29) is 11.6 Å². The van der Waals surface area contributed by atoms with Gasteiger partial charge in [0.2, 0.25) is 5.95 Å². The molecule has 0 saturated carbocycles. The Morgan fingerprint density at radius 3 is 2.92 bits per heavy atom. The lowest BCUT2D eigenvalue weighted by atomic mass is 10.1. The molecule has 1 saturated heterocycles. The van der Waals surface area contributed by atoms with Crippen molar-refractivity contribution in [3.05, 3.63) is 16.6 Å². The second-order valence-electron chi connectivity index (χ2n) is 7.36. The van der Waals surface area contributed by atoms with Gasteiger partial charge in [0.05, 0.1) is 12.7 Å². The van der Waals surface area contributed by atoms with Gasteiger partial charge >= 0.3 is 0 Å². The van der Waals surface area contributed by atoms with Gasteiger partial charge in [-0.2, -0.15) is 5.10 Å². The lowest BCUT2D eigenvalue weighted by Gasteiger charge is -2.31. The van der Waals surface area contributed by atoms with Crippen LogP contribution in [0, 0.1) is 17.8 Å². The minimum absolute atomic E-state index is 0.0962. The summed E-state index contributed by atoms with van der Waals surface area (Å²) in [5, 5.41) is 4.32. The van der Waals surface area contributed by atoms with Crippen LogP contribution in [0.2, 0.25) is 0 Å². The van der Waals surface area contributed by atoms with E-state index in [0.29, 0.717) is 30.0 Å². The Morgan fingerprint density at radius 1 is 1.42 bits per heavy atom. The van der Waals surface area contributed by atoms with Crippen molar-refractivity contribution in [2.45, 2.75) is 59.2 Å². The molecular weight excluding hydrogens is 328 g/mol. The minimum atomic E-state index is -0.0962. The maximum atomic E-state index is 13.0. The number of imidazole rings is 1. The molecule has 0 radical (unpaired) electrons. The van der Waals surface area contributed by atoms with Gasteiger partial charge in [0, 0.05) is 25.7 Å². The van der Waals surface area contributed by atoms with E-state index in [0.717, 1.165) is 38.3 Å². The van der Waals surface area contributed by atoms with Crippen molar-refractivity contribution < 1.29 is 0 Å². The van der Waals surface area contributed by atoms with Crippen LogP contribution in [0.1, 0.15) is 40.0 Å². The lowest BCUT2D eigenvalue weighted by molar-refractivity contribution is 0.473. The van der Waals surface area contributed by atoms with Crippen LogP contribution in [0.3, 0.4) is 0 Å². The molecule has 0 bridgehead atoms. The van der Waals surface area contributed by atoms with Crippen molar-refractivity contribution in [3.8, 4) is 11.8 Å². The summed E-state index contributed by atoms with van der Waals surface area (Å²) < 4.78 is 3.48. The van der Waals surface area contributed by atoms with E-state index >= 15 is 0 Å². The second kappa shape index (κ2) is 7.92. The number of nitrogens with zero attached hydrogens (tertiary/aromatic N) is 5. The summed E-state index contributed by atoms with van der Waals surface area (Å²) in [5.41, 5.74) is 7.26. The monoisotopic (exact) mass is 356 g/mol. The quantitative estimate of drug-likeness (QED) is 0.823. The summed E-state index contributed by atoms with van der Waals surface area (Å²) in [6, 6.07) is 0.134. The fourth-order valence-corrected chi connectivity index (χ4v) is 3.35. The lowest BCUT2D eigenvalue weighted by Crippen LogP contribution is -2.44. The molecule has 0 aromatic carbocycles. The van der Waals surface area contributed by atoms with E-state index in [2.05, 4.69) is 35.7 Å². The number of aromatic nitrogens is 4. The molecule has 0 aliphatic carbocycles. The molecule has 0 spiro atoms. The summed E-state index contributed by atoms with van der Waals surface area (Å²) in [6.07, 6.45) is 4.66. The average Bonchev–Trinajstić information content (AvgIpc) is 2.98. The Kier molecular flexibility index (Phi) is 5.62. The van der Waals surface area contributed by atoms with Gasteiger partial charge in [-0.05, 0) is 32.1 Å². The Morgan fingerprint density at radius 2 is 2.23 bits per heavy atom. The molecule has 2 N–H and O–H groups in total. The van der Waals surface area contributed by atoms with Crippen LogP contribution < -0.4 is 16.2 Å². The van der Waals surface area contributed by atoms with Gasteiger partial charge in [-0.1, -0.05) is 19.8 Å². The summed E-state index contributed by atoms with van der Waals surface area (Å²) in [4.78, 5) is 19.9. The number of hydrogen-bond donors (Lipinski definition) is 1. The van der Waals surface area contributed by atoms with Gasteiger partial charge in [-0.3, -0.25) is 9.36 Å². The third-order valence-corrected chi connectivity index (χ3v) is 4.80. The molecule has 1 aliphatic heterocycles. The molecule has 1 aliphatic rings. The Hall–Kier alpha value is -2.33. The van der Waals surface area contributed by atoms with Crippen molar-refractivity contribution in [1.82, 2.24) is 19.3 Å². The average molecular weight is 356 g/mol. The number of rotatable bonds is 5. The van der Waals surface area contributed by atoms with Crippen LogP contribution in [-0.4, -0.2) is 38.5 Å². The van der Waals surface area contributed by atoms with Crippen LogP contribution >= 0.6 is 0 Å². The molecule has 140 valence electrons. The summed E-state index contributed by atoms with van der Waals surface area (Å²) >= 11 is 0. The molecule has 1 atom stereocenters. The molecule has 1 fully saturated rings. The van der Waals surface area contributed by atoms with Crippen LogP contribution in [0.15, 0.2) is 11.0 Å². The molecule has 3 heterocycles. The number of aryl methyl sites for hydroxylation is 1. The predicted molar refractivity (Wildman–Crippen MR) is 104 cm³/mol. The second-order valence-corrected chi connectivity index (χ2v) is 7.36. The molecule has 2 aromatic rings. The smallest absolute Gasteiger partial charge is 0.293 e. The maximum Gasteiger partial charge on any atom is 0.293 e. The SMILES string of the molecule is CC#CCn1c(N2CCCC(N)C2)nc2cnn(CCC(C)C)c(=O)c21. The Bertz CT molecular complexity index is 885. The Labute approximate surface area is 154 Å². The molecular formula is C19H28N6O. The third-order valence-electron chi connectivity index (χ3n) is 4.80. The van der Waals surface area contributed by atoms with Crippen LogP contribution in [0.5, 0.6) is 0 Å². The number of fused-ring (bicyclic) bond motifs is 1. The topological polar surface area (TPSA) is 82.0 Å². The van der Waals surface area contributed by atoms with Gasteiger partial charge < -0.3 is 10.6 Å². The molecule has 7 heteroatoms. The van der Waals surface area contributed by atoms with Crippen LogP contribution in [0.4, 0.5) is 5.95 Å². The van der Waals surface area contributed by atoms with Crippen molar-refractivity contribution in [2.75, 3.05) is 18.0 Å². The van der Waals surface area contributed by atoms with Gasteiger partial charge in [0.15, 0.2) is 0 Å². The highest BCUT2D eigenvalue weighted by atomic mass is 16.1. The predicted octanol–water partition coefficient (Wildman–Crippen LogP) is 1.59. The number of piperidine rings is 1. The standard InChI is InChI=1S/C19H28N6O/c1-4-5-10-24-17-16(12-21-25(18(17)26)11-8-14(2)3)22-19(24)23-9-6-7-15(20)13-23/h12,14-15H,6-11,13,20H2,1-3H3. The zero-order valence-corrected chi connectivity index (χ0v) is 15.9. The van der Waals surface area contributed by atoms with Crippen molar-refractivity contribution in [3.63, 3.8) is 0 Å². The molecule has 0 amide bonds.